The predicted octanol–water partition coefficient (Wildman–Crippen LogP) is 3.86. The van der Waals surface area contributed by atoms with Gasteiger partial charge in [0.25, 0.3) is 5.91 Å². The number of nitrogens with one attached hydrogen (secondary N) is 2. The molecule has 0 radical (unpaired) electrons. The summed E-state index contributed by atoms with van der Waals surface area (Å²) in [6.45, 7) is 1.76. The number of thiophene rings is 1. The van der Waals surface area contributed by atoms with Crippen LogP contribution in [0.5, 0.6) is 0 Å². The fourth-order valence-electron chi connectivity index (χ4n) is 3.75. The monoisotopic (exact) mass is 441 g/mol. The number of fused-ring (bicyclic) bond motifs is 2. The number of aryl methyl sites for hydroxylation is 1. The summed E-state index contributed by atoms with van der Waals surface area (Å²) >= 11 is 1.40. The van der Waals surface area contributed by atoms with Crippen molar-refractivity contribution in [1.82, 2.24) is 9.97 Å². The summed E-state index contributed by atoms with van der Waals surface area (Å²) in [6.07, 6.45) is 4.56. The summed E-state index contributed by atoms with van der Waals surface area (Å²) in [4.78, 5) is 46.1. The zero-order valence-electron chi connectivity index (χ0n) is 17.3. The Morgan fingerprint density at radius 3 is 2.81 bits per heavy atom. The number of nitrogens with zero attached hydrogens (tertiary/aromatic N) is 1. The van der Waals surface area contributed by atoms with Gasteiger partial charge in [-0.3, -0.25) is 4.79 Å². The standard InChI is InChI=1S/C22H23N3O5S/c1-3-16(30-21(27)12-8-9-14-15(10-12)24-11-23-14)19(26)25-20-18(22(28)29-2)13-6-4-5-7-17(13)31-20/h8-11,16H,3-7H2,1-2H3,(H,23,24)(H,25,26). The van der Waals surface area contributed by atoms with Crippen LogP contribution >= 0.6 is 11.3 Å². The van der Waals surface area contributed by atoms with Crippen LogP contribution in [0.3, 0.4) is 0 Å². The molecule has 0 spiro atoms. The van der Waals surface area contributed by atoms with Gasteiger partial charge >= 0.3 is 11.9 Å². The van der Waals surface area contributed by atoms with Crippen LogP contribution in [0.4, 0.5) is 5.00 Å². The molecule has 1 aliphatic carbocycles. The Labute approximate surface area is 183 Å². The third-order valence-electron chi connectivity index (χ3n) is 5.37. The molecule has 1 unspecified atom stereocenters. The lowest BCUT2D eigenvalue weighted by atomic mass is 9.95. The van der Waals surface area contributed by atoms with Crippen LogP contribution in [0.15, 0.2) is 24.5 Å². The topological polar surface area (TPSA) is 110 Å². The van der Waals surface area contributed by atoms with E-state index in [0.717, 1.165) is 41.6 Å². The van der Waals surface area contributed by atoms with Gasteiger partial charge in [-0.15, -0.1) is 11.3 Å². The van der Waals surface area contributed by atoms with Gasteiger partial charge in [-0.05, 0) is 55.9 Å². The molecule has 0 bridgehead atoms. The second kappa shape index (κ2) is 8.89. The fourth-order valence-corrected chi connectivity index (χ4v) is 5.03. The number of amides is 1. The number of aromatic amines is 1. The number of H-pyrrole nitrogens is 1. The maximum atomic E-state index is 12.9. The van der Waals surface area contributed by atoms with Crippen molar-refractivity contribution in [2.24, 2.45) is 0 Å². The first kappa shape index (κ1) is 21.0. The van der Waals surface area contributed by atoms with Crippen LogP contribution < -0.4 is 5.32 Å². The number of aromatic nitrogens is 2. The van der Waals surface area contributed by atoms with Crippen LogP contribution in [0.1, 0.15) is 57.3 Å². The van der Waals surface area contributed by atoms with Gasteiger partial charge in [-0.1, -0.05) is 6.92 Å². The Balaban J connectivity index is 1.52. The lowest BCUT2D eigenvalue weighted by Crippen LogP contribution is -2.32. The molecule has 2 aromatic heterocycles. The Bertz CT molecular complexity index is 1150. The summed E-state index contributed by atoms with van der Waals surface area (Å²) in [5.74, 6) is -1.54. The molecule has 0 saturated heterocycles. The molecular formula is C22H23N3O5S. The van der Waals surface area contributed by atoms with Gasteiger partial charge in [0.2, 0.25) is 0 Å². The normalized spacial score (nSPS) is 14.0. The van der Waals surface area contributed by atoms with E-state index in [1.807, 2.05) is 0 Å². The predicted molar refractivity (Wildman–Crippen MR) is 117 cm³/mol. The smallest absolute Gasteiger partial charge is 0.341 e. The third kappa shape index (κ3) is 4.18. The Hall–Kier alpha value is -3.20. The number of carbonyl (C=O) groups excluding carboxylic acids is 3. The van der Waals surface area contributed by atoms with Crippen molar-refractivity contribution in [3.63, 3.8) is 0 Å². The van der Waals surface area contributed by atoms with E-state index < -0.39 is 23.9 Å². The summed E-state index contributed by atoms with van der Waals surface area (Å²) in [5.41, 5.74) is 3.14. The number of imidazole rings is 1. The van der Waals surface area contributed by atoms with Crippen LogP contribution in [-0.4, -0.2) is 41.0 Å². The highest BCUT2D eigenvalue weighted by molar-refractivity contribution is 7.17. The first-order chi connectivity index (χ1) is 15.0. The fraction of sp³-hybridized carbons (Fsp3) is 0.364. The summed E-state index contributed by atoms with van der Waals surface area (Å²) in [7, 11) is 1.33. The Morgan fingerprint density at radius 1 is 1.23 bits per heavy atom. The molecule has 9 heteroatoms. The molecule has 2 N–H and O–H groups in total. The lowest BCUT2D eigenvalue weighted by molar-refractivity contribution is -0.124. The second-order valence-electron chi connectivity index (χ2n) is 7.33. The number of rotatable bonds is 6. The molecule has 1 aromatic carbocycles. The highest BCUT2D eigenvalue weighted by Crippen LogP contribution is 2.38. The Kier molecular flexibility index (Phi) is 6.03. The van der Waals surface area contributed by atoms with Crippen molar-refractivity contribution in [3.05, 3.63) is 46.1 Å². The summed E-state index contributed by atoms with van der Waals surface area (Å²) in [6, 6.07) is 4.96. The average Bonchev–Trinajstić information content (AvgIpc) is 3.40. The minimum atomic E-state index is -0.991. The van der Waals surface area contributed by atoms with Crippen molar-refractivity contribution in [3.8, 4) is 0 Å². The van der Waals surface area contributed by atoms with Gasteiger partial charge in [0, 0.05) is 4.88 Å². The maximum Gasteiger partial charge on any atom is 0.341 e. The highest BCUT2D eigenvalue weighted by Gasteiger charge is 2.29. The van der Waals surface area contributed by atoms with E-state index in [2.05, 4.69) is 15.3 Å². The van der Waals surface area contributed by atoms with Gasteiger partial charge < -0.3 is 19.8 Å². The second-order valence-corrected chi connectivity index (χ2v) is 8.44. The number of hydrogen-bond donors (Lipinski definition) is 2. The van der Waals surface area contributed by atoms with Crippen molar-refractivity contribution in [1.29, 1.82) is 0 Å². The van der Waals surface area contributed by atoms with E-state index in [4.69, 9.17) is 9.47 Å². The number of hydrogen-bond acceptors (Lipinski definition) is 7. The van der Waals surface area contributed by atoms with Crippen LogP contribution in [0.2, 0.25) is 0 Å². The molecule has 0 fully saturated rings. The van der Waals surface area contributed by atoms with E-state index in [1.165, 1.54) is 18.4 Å². The molecule has 1 amide bonds. The molecular weight excluding hydrogens is 418 g/mol. The largest absolute Gasteiger partial charge is 0.465 e. The summed E-state index contributed by atoms with van der Waals surface area (Å²) in [5, 5.41) is 3.26. The molecule has 31 heavy (non-hydrogen) atoms. The minimum Gasteiger partial charge on any atom is -0.465 e. The number of anilines is 1. The number of esters is 2. The average molecular weight is 442 g/mol. The van der Waals surface area contributed by atoms with E-state index >= 15 is 0 Å². The Morgan fingerprint density at radius 2 is 2.03 bits per heavy atom. The molecule has 0 saturated carbocycles. The molecule has 4 rings (SSSR count). The number of methoxy groups -OCH3 is 1. The number of carbonyl (C=O) groups is 3. The van der Waals surface area contributed by atoms with Gasteiger partial charge in [0.1, 0.15) is 5.00 Å². The zero-order chi connectivity index (χ0) is 22.0. The minimum absolute atomic E-state index is 0.294. The number of ether oxygens (including phenoxy) is 2. The van der Waals surface area contributed by atoms with E-state index in [0.29, 0.717) is 28.1 Å². The third-order valence-corrected chi connectivity index (χ3v) is 6.57. The SMILES string of the molecule is CCC(OC(=O)c1ccc2nc[nH]c2c1)C(=O)Nc1sc2c(c1C(=O)OC)CCCC2. The zero-order valence-corrected chi connectivity index (χ0v) is 18.1. The first-order valence-corrected chi connectivity index (χ1v) is 11.0. The van der Waals surface area contributed by atoms with Gasteiger partial charge in [0.05, 0.1) is 35.6 Å². The molecule has 3 aromatic rings. The molecule has 2 heterocycles. The first-order valence-electron chi connectivity index (χ1n) is 10.2. The summed E-state index contributed by atoms with van der Waals surface area (Å²) < 4.78 is 10.4. The van der Waals surface area contributed by atoms with Crippen molar-refractivity contribution in [2.45, 2.75) is 45.1 Å². The van der Waals surface area contributed by atoms with Crippen molar-refractivity contribution >= 4 is 45.2 Å². The molecule has 1 atom stereocenters. The van der Waals surface area contributed by atoms with Gasteiger partial charge in [-0.25, -0.2) is 14.6 Å². The van der Waals surface area contributed by atoms with Crippen molar-refractivity contribution in [2.75, 3.05) is 12.4 Å². The van der Waals surface area contributed by atoms with Crippen LogP contribution in [-0.2, 0) is 27.1 Å². The van der Waals surface area contributed by atoms with E-state index in [9.17, 15) is 14.4 Å². The van der Waals surface area contributed by atoms with Gasteiger partial charge in [-0.2, -0.15) is 0 Å². The van der Waals surface area contributed by atoms with E-state index in [1.54, 1.807) is 31.5 Å². The quantitative estimate of drug-likeness (QED) is 0.562. The van der Waals surface area contributed by atoms with E-state index in [-0.39, 0.29) is 0 Å². The van der Waals surface area contributed by atoms with Gasteiger partial charge in [0.15, 0.2) is 6.10 Å². The lowest BCUT2D eigenvalue weighted by Gasteiger charge is -2.16. The maximum absolute atomic E-state index is 12.9. The molecule has 8 nitrogen and oxygen atoms in total. The van der Waals surface area contributed by atoms with Crippen molar-refractivity contribution < 1.29 is 23.9 Å². The van der Waals surface area contributed by atoms with Crippen LogP contribution in [0, 0.1) is 0 Å². The molecule has 162 valence electrons. The molecule has 1 aliphatic rings. The van der Waals surface area contributed by atoms with Crippen LogP contribution in [0.25, 0.3) is 11.0 Å². The highest BCUT2D eigenvalue weighted by atomic mass is 32.1. The number of benzene rings is 1. The molecule has 0 aliphatic heterocycles.